The highest BCUT2D eigenvalue weighted by molar-refractivity contribution is 6.31. The summed E-state index contributed by atoms with van der Waals surface area (Å²) in [5.74, 6) is 0.134. The Labute approximate surface area is 177 Å². The quantitative estimate of drug-likeness (QED) is 0.451. The Morgan fingerprint density at radius 3 is 2.31 bits per heavy atom. The van der Waals surface area contributed by atoms with E-state index >= 15 is 0 Å². The van der Waals surface area contributed by atoms with Crippen LogP contribution < -0.4 is 5.32 Å². The number of carbonyl (C=O) groups excluding carboxylic acids is 1. The lowest BCUT2D eigenvalue weighted by Gasteiger charge is -2.06. The second-order valence-corrected chi connectivity index (χ2v) is 7.35. The van der Waals surface area contributed by atoms with E-state index in [1.54, 1.807) is 41.1 Å². The highest BCUT2D eigenvalue weighted by Crippen LogP contribution is 2.25. The molecule has 0 atom stereocenters. The van der Waals surface area contributed by atoms with Gasteiger partial charge in [-0.25, -0.2) is 9.67 Å². The molecular weight excluding hydrogens is 407 g/mol. The normalized spacial score (nSPS) is 10.7. The molecule has 0 aliphatic rings. The minimum Gasteiger partial charge on any atom is -0.319 e. The number of nitrogens with zero attached hydrogens (tertiary/aromatic N) is 3. The molecule has 144 valence electrons. The second kappa shape index (κ2) is 8.07. The molecule has 0 saturated carbocycles. The van der Waals surface area contributed by atoms with Gasteiger partial charge in [0.1, 0.15) is 0 Å². The summed E-state index contributed by atoms with van der Waals surface area (Å²) in [6, 6.07) is 22.0. The summed E-state index contributed by atoms with van der Waals surface area (Å²) in [6.45, 7) is 2.01. The van der Waals surface area contributed by atoms with Gasteiger partial charge < -0.3 is 5.32 Å². The Balaban J connectivity index is 1.76. The third-order valence-electron chi connectivity index (χ3n) is 4.25. The molecule has 1 aromatic heterocycles. The maximum atomic E-state index is 12.8. The van der Waals surface area contributed by atoms with E-state index in [0.717, 1.165) is 16.8 Å². The number of rotatable bonds is 4. The van der Waals surface area contributed by atoms with Crippen molar-refractivity contribution < 1.29 is 4.79 Å². The van der Waals surface area contributed by atoms with Crippen molar-refractivity contribution in [2.75, 3.05) is 5.32 Å². The van der Waals surface area contributed by atoms with Crippen molar-refractivity contribution in [3.05, 3.63) is 94.2 Å². The average molecular weight is 423 g/mol. The molecule has 29 heavy (non-hydrogen) atoms. The molecule has 0 aliphatic heterocycles. The summed E-state index contributed by atoms with van der Waals surface area (Å²) in [6.07, 6.45) is 0. The van der Waals surface area contributed by atoms with Crippen LogP contribution in [0, 0.1) is 6.92 Å². The van der Waals surface area contributed by atoms with Crippen LogP contribution in [0.15, 0.2) is 72.8 Å². The molecule has 0 saturated heterocycles. The molecule has 5 nitrogen and oxygen atoms in total. The molecule has 4 aromatic rings. The van der Waals surface area contributed by atoms with E-state index in [4.69, 9.17) is 23.2 Å². The Morgan fingerprint density at radius 2 is 1.62 bits per heavy atom. The van der Waals surface area contributed by atoms with Crippen molar-refractivity contribution >= 4 is 34.8 Å². The van der Waals surface area contributed by atoms with Crippen LogP contribution in [0.25, 0.3) is 17.1 Å². The fraction of sp³-hybridized carbons (Fsp3) is 0.0455. The van der Waals surface area contributed by atoms with Gasteiger partial charge in [-0.15, -0.1) is 5.10 Å². The van der Waals surface area contributed by atoms with Gasteiger partial charge in [0, 0.05) is 21.3 Å². The van der Waals surface area contributed by atoms with Crippen LogP contribution in [0.4, 0.5) is 5.69 Å². The van der Waals surface area contributed by atoms with Gasteiger partial charge in [0.15, 0.2) is 5.82 Å². The molecule has 3 aromatic carbocycles. The number of anilines is 1. The average Bonchev–Trinajstić information content (AvgIpc) is 3.14. The molecule has 1 N–H and O–H groups in total. The number of carbonyl (C=O) groups is 1. The maximum Gasteiger partial charge on any atom is 0.295 e. The number of amides is 1. The van der Waals surface area contributed by atoms with Crippen molar-refractivity contribution in [3.63, 3.8) is 0 Å². The minimum absolute atomic E-state index is 0.0422. The van der Waals surface area contributed by atoms with Crippen LogP contribution in [0.2, 0.25) is 10.0 Å². The zero-order chi connectivity index (χ0) is 20.4. The molecule has 0 spiro atoms. The van der Waals surface area contributed by atoms with Gasteiger partial charge in [0.25, 0.3) is 5.91 Å². The first-order valence-electron chi connectivity index (χ1n) is 8.86. The smallest absolute Gasteiger partial charge is 0.295 e. The van der Waals surface area contributed by atoms with Crippen LogP contribution in [0.1, 0.15) is 16.2 Å². The second-order valence-electron chi connectivity index (χ2n) is 6.48. The Bertz CT molecular complexity index is 1190. The first-order chi connectivity index (χ1) is 14.0. The van der Waals surface area contributed by atoms with Gasteiger partial charge in [-0.3, -0.25) is 4.79 Å². The van der Waals surface area contributed by atoms with E-state index in [2.05, 4.69) is 15.4 Å². The van der Waals surface area contributed by atoms with Crippen molar-refractivity contribution in [3.8, 4) is 17.1 Å². The predicted octanol–water partition coefficient (Wildman–Crippen LogP) is 5.80. The first kappa shape index (κ1) is 19.2. The van der Waals surface area contributed by atoms with Crippen molar-refractivity contribution in [1.29, 1.82) is 0 Å². The topological polar surface area (TPSA) is 59.8 Å². The lowest BCUT2D eigenvalue weighted by Crippen LogP contribution is -2.14. The summed E-state index contributed by atoms with van der Waals surface area (Å²) in [4.78, 5) is 17.2. The fourth-order valence-corrected chi connectivity index (χ4v) is 3.22. The standard InChI is InChI=1S/C22H16Cl2N4O/c1-14-8-10-19(11-9-14)28-21(15-4-2-5-16(23)12-15)26-20(27-28)22(29)25-18-7-3-6-17(24)13-18/h2-13H,1H3,(H,25,29). The monoisotopic (exact) mass is 422 g/mol. The van der Waals surface area contributed by atoms with Crippen LogP contribution in [-0.2, 0) is 0 Å². The number of nitrogens with one attached hydrogen (secondary N) is 1. The molecule has 1 amide bonds. The Kier molecular flexibility index (Phi) is 5.34. The molecule has 4 rings (SSSR count). The van der Waals surface area contributed by atoms with Crippen LogP contribution in [-0.4, -0.2) is 20.7 Å². The predicted molar refractivity (Wildman–Crippen MR) is 116 cm³/mol. The highest BCUT2D eigenvalue weighted by atomic mass is 35.5. The van der Waals surface area contributed by atoms with Gasteiger partial charge in [0.05, 0.1) is 5.69 Å². The zero-order valence-electron chi connectivity index (χ0n) is 15.4. The van der Waals surface area contributed by atoms with Crippen molar-refractivity contribution in [1.82, 2.24) is 14.8 Å². The Hall–Kier alpha value is -3.15. The van der Waals surface area contributed by atoms with E-state index in [-0.39, 0.29) is 5.82 Å². The molecule has 0 bridgehead atoms. The van der Waals surface area contributed by atoms with E-state index < -0.39 is 5.91 Å². The van der Waals surface area contributed by atoms with Crippen LogP contribution in [0.5, 0.6) is 0 Å². The van der Waals surface area contributed by atoms with E-state index in [1.165, 1.54) is 0 Å². The maximum absolute atomic E-state index is 12.8. The third kappa shape index (κ3) is 4.31. The molecule has 0 unspecified atom stereocenters. The lowest BCUT2D eigenvalue weighted by atomic mass is 10.2. The minimum atomic E-state index is -0.429. The Morgan fingerprint density at radius 1 is 0.931 bits per heavy atom. The molecular formula is C22H16Cl2N4O. The van der Waals surface area contributed by atoms with Crippen LogP contribution in [0.3, 0.4) is 0 Å². The van der Waals surface area contributed by atoms with Crippen molar-refractivity contribution in [2.24, 2.45) is 0 Å². The number of hydrogen-bond donors (Lipinski definition) is 1. The number of aryl methyl sites for hydroxylation is 1. The van der Waals surface area contributed by atoms with Crippen molar-refractivity contribution in [2.45, 2.75) is 6.92 Å². The fourth-order valence-electron chi connectivity index (χ4n) is 2.84. The SMILES string of the molecule is Cc1ccc(-n2nc(C(=O)Nc3cccc(Cl)c3)nc2-c2cccc(Cl)c2)cc1. The van der Waals surface area contributed by atoms with Gasteiger partial charge >= 0.3 is 0 Å². The zero-order valence-corrected chi connectivity index (χ0v) is 16.9. The molecule has 0 aliphatic carbocycles. The van der Waals surface area contributed by atoms with E-state index in [1.807, 2.05) is 43.3 Å². The summed E-state index contributed by atoms with van der Waals surface area (Å²) >= 11 is 12.1. The molecule has 0 radical (unpaired) electrons. The summed E-state index contributed by atoms with van der Waals surface area (Å²) in [7, 11) is 0. The largest absolute Gasteiger partial charge is 0.319 e. The molecule has 0 fully saturated rings. The van der Waals surface area contributed by atoms with Gasteiger partial charge in [-0.1, -0.05) is 59.1 Å². The summed E-state index contributed by atoms with van der Waals surface area (Å²) in [5, 5.41) is 8.33. The van der Waals surface area contributed by atoms with Gasteiger partial charge in [-0.05, 0) is 49.4 Å². The highest BCUT2D eigenvalue weighted by Gasteiger charge is 2.19. The number of aromatic nitrogens is 3. The number of halogens is 2. The third-order valence-corrected chi connectivity index (χ3v) is 4.72. The van der Waals surface area contributed by atoms with Gasteiger partial charge in [0.2, 0.25) is 5.82 Å². The van der Waals surface area contributed by atoms with Crippen LogP contribution >= 0.6 is 23.2 Å². The van der Waals surface area contributed by atoms with Gasteiger partial charge in [-0.2, -0.15) is 0 Å². The summed E-state index contributed by atoms with van der Waals surface area (Å²) in [5.41, 5.74) is 3.24. The van der Waals surface area contributed by atoms with E-state index in [9.17, 15) is 4.79 Å². The van der Waals surface area contributed by atoms with E-state index in [0.29, 0.717) is 21.6 Å². The first-order valence-corrected chi connectivity index (χ1v) is 9.62. The molecule has 1 heterocycles. The summed E-state index contributed by atoms with van der Waals surface area (Å²) < 4.78 is 1.64. The number of hydrogen-bond acceptors (Lipinski definition) is 3. The molecule has 7 heteroatoms. The lowest BCUT2D eigenvalue weighted by molar-refractivity contribution is 0.101. The number of benzene rings is 3.